The number of anilines is 1. The van der Waals surface area contributed by atoms with Crippen LogP contribution in [0.4, 0.5) is 5.82 Å². The predicted octanol–water partition coefficient (Wildman–Crippen LogP) is 2.14. The Bertz CT molecular complexity index is 1020. The van der Waals surface area contributed by atoms with Crippen molar-refractivity contribution in [1.29, 1.82) is 0 Å². The van der Waals surface area contributed by atoms with Gasteiger partial charge in [0.2, 0.25) is 5.91 Å². The first-order chi connectivity index (χ1) is 14.9. The molecule has 0 saturated carbocycles. The van der Waals surface area contributed by atoms with E-state index in [0.29, 0.717) is 12.1 Å². The second-order valence-electron chi connectivity index (χ2n) is 8.83. The Morgan fingerprint density at radius 2 is 1.91 bits per heavy atom. The number of Topliss-reactive ketones (excluding diaryl/α,β-unsaturated/α-hetero) is 2. The maximum atomic E-state index is 13.2. The predicted molar refractivity (Wildman–Crippen MR) is 118 cm³/mol. The van der Waals surface area contributed by atoms with Crippen molar-refractivity contribution < 1.29 is 18.9 Å². The Kier molecular flexibility index (Phi) is 8.07. The lowest BCUT2D eigenvalue weighted by Gasteiger charge is -2.25. The van der Waals surface area contributed by atoms with Crippen LogP contribution < -0.4 is 16.2 Å². The van der Waals surface area contributed by atoms with Gasteiger partial charge in [0.1, 0.15) is 18.1 Å². The summed E-state index contributed by atoms with van der Waals surface area (Å²) in [6.07, 6.45) is 4.77. The minimum absolute atomic E-state index is 0.0942. The zero-order chi connectivity index (χ0) is 24.1. The highest BCUT2D eigenvalue weighted by atomic mass is 16.5. The summed E-state index contributed by atoms with van der Waals surface area (Å²) in [7, 11) is 0. The molecule has 10 nitrogen and oxygen atoms in total. The summed E-state index contributed by atoms with van der Waals surface area (Å²) in [5.41, 5.74) is 0.483. The van der Waals surface area contributed by atoms with Crippen LogP contribution in [0.25, 0.3) is 0 Å². The molecule has 2 heterocycles. The number of amides is 1. The molecule has 0 spiro atoms. The minimum Gasteiger partial charge on any atom is -0.364 e. The average Bonchev–Trinajstić information content (AvgIpc) is 3.20. The van der Waals surface area contributed by atoms with E-state index in [1.54, 1.807) is 13.1 Å². The van der Waals surface area contributed by atoms with E-state index in [2.05, 4.69) is 20.8 Å². The molecule has 0 aromatic carbocycles. The summed E-state index contributed by atoms with van der Waals surface area (Å²) in [4.78, 5) is 54.1. The van der Waals surface area contributed by atoms with E-state index >= 15 is 0 Å². The maximum absolute atomic E-state index is 13.2. The fraction of sp³-hybridized carbons (Fsp3) is 0.545. The lowest BCUT2D eigenvalue weighted by Crippen LogP contribution is -2.46. The van der Waals surface area contributed by atoms with Gasteiger partial charge in [-0.25, -0.2) is 4.98 Å². The van der Waals surface area contributed by atoms with Crippen molar-refractivity contribution in [2.24, 2.45) is 0 Å². The van der Waals surface area contributed by atoms with Crippen LogP contribution in [0.5, 0.6) is 0 Å². The summed E-state index contributed by atoms with van der Waals surface area (Å²) in [5.74, 6) is -0.948. The number of hydrogen-bond donors (Lipinski definition) is 2. The molecule has 2 aromatic rings. The molecule has 2 aromatic heterocycles. The molecule has 0 aliphatic carbocycles. The number of carbonyl (C=O) groups is 3. The Morgan fingerprint density at radius 3 is 2.41 bits per heavy atom. The highest BCUT2D eigenvalue weighted by molar-refractivity contribution is 5.92. The van der Waals surface area contributed by atoms with Crippen LogP contribution in [0.3, 0.4) is 0 Å². The van der Waals surface area contributed by atoms with Gasteiger partial charge in [-0.15, -0.1) is 0 Å². The van der Waals surface area contributed by atoms with Gasteiger partial charge in [0.05, 0.1) is 17.9 Å². The van der Waals surface area contributed by atoms with Crippen molar-refractivity contribution in [2.45, 2.75) is 78.4 Å². The van der Waals surface area contributed by atoms with Crippen LogP contribution in [0.2, 0.25) is 0 Å². The van der Waals surface area contributed by atoms with Crippen LogP contribution in [0.15, 0.2) is 28.0 Å². The monoisotopic (exact) mass is 445 g/mol. The number of ketones is 2. The van der Waals surface area contributed by atoms with E-state index in [1.807, 2.05) is 20.8 Å². The molecular formula is C22H31N5O5. The summed E-state index contributed by atoms with van der Waals surface area (Å²) in [6, 6.07) is -1.81. The van der Waals surface area contributed by atoms with E-state index in [-0.39, 0.29) is 30.3 Å². The molecule has 0 fully saturated rings. The smallest absolute Gasteiger partial charge is 0.294 e. The fourth-order valence-electron chi connectivity index (χ4n) is 3.08. The zero-order valence-electron chi connectivity index (χ0n) is 19.4. The lowest BCUT2D eigenvalue weighted by molar-refractivity contribution is -0.130. The quantitative estimate of drug-likeness (QED) is 0.568. The van der Waals surface area contributed by atoms with Crippen LogP contribution in [-0.4, -0.2) is 38.2 Å². The van der Waals surface area contributed by atoms with Gasteiger partial charge < -0.3 is 15.2 Å². The van der Waals surface area contributed by atoms with Gasteiger partial charge in [0.15, 0.2) is 11.6 Å². The number of carbonyl (C=O) groups excluding carboxylic acids is 3. The van der Waals surface area contributed by atoms with Crippen molar-refractivity contribution >= 4 is 23.3 Å². The van der Waals surface area contributed by atoms with Gasteiger partial charge in [-0.05, 0) is 20.3 Å². The molecule has 0 saturated heterocycles. The number of aromatic nitrogens is 3. The van der Waals surface area contributed by atoms with E-state index in [9.17, 15) is 19.2 Å². The van der Waals surface area contributed by atoms with Crippen LogP contribution in [0.1, 0.15) is 71.7 Å². The van der Waals surface area contributed by atoms with Crippen LogP contribution in [0, 0.1) is 0 Å². The topological polar surface area (TPSA) is 136 Å². The van der Waals surface area contributed by atoms with Crippen molar-refractivity contribution in [3.8, 4) is 0 Å². The molecule has 10 heteroatoms. The summed E-state index contributed by atoms with van der Waals surface area (Å²) in [6.45, 7) is 10.6. The third kappa shape index (κ3) is 6.35. The Morgan fingerprint density at radius 1 is 1.22 bits per heavy atom. The molecule has 0 bridgehead atoms. The Balaban J connectivity index is 2.43. The first-order valence-corrected chi connectivity index (χ1v) is 10.5. The summed E-state index contributed by atoms with van der Waals surface area (Å²) < 4.78 is 6.14. The number of nitrogens with one attached hydrogen (secondary N) is 2. The number of hydrogen-bond acceptors (Lipinski definition) is 8. The molecule has 2 atom stereocenters. The van der Waals surface area contributed by atoms with Gasteiger partial charge >= 0.3 is 0 Å². The average molecular weight is 446 g/mol. The second kappa shape index (κ2) is 10.3. The van der Waals surface area contributed by atoms with Crippen molar-refractivity contribution in [3.63, 3.8) is 0 Å². The molecule has 0 radical (unpaired) electrons. The molecule has 2 rings (SSSR count). The van der Waals surface area contributed by atoms with E-state index in [4.69, 9.17) is 4.52 Å². The fourth-order valence-corrected chi connectivity index (χ4v) is 3.08. The van der Waals surface area contributed by atoms with Crippen molar-refractivity contribution in [2.75, 3.05) is 5.32 Å². The number of rotatable bonds is 10. The lowest BCUT2D eigenvalue weighted by atomic mass is 9.92. The van der Waals surface area contributed by atoms with Gasteiger partial charge in [-0.2, -0.15) is 0 Å². The molecule has 0 aliphatic rings. The summed E-state index contributed by atoms with van der Waals surface area (Å²) >= 11 is 0. The normalized spacial score (nSPS) is 13.3. The molecule has 0 aliphatic heterocycles. The van der Waals surface area contributed by atoms with Gasteiger partial charge in [0.25, 0.3) is 5.56 Å². The molecule has 32 heavy (non-hydrogen) atoms. The standard InChI is InChI=1S/C22H31N5O5/c1-7-17(20(30)25-16(14(3)29)8-13(2)28)27-11-18(22(4,5)6)26-19(21(27)31)23-9-15-10-24-32-12-15/h10-12,16-17H,7-9H2,1-6H3,(H,23,26)(H,25,30)/t16-,17-/m0/s1. The van der Waals surface area contributed by atoms with E-state index in [0.717, 1.165) is 5.56 Å². The van der Waals surface area contributed by atoms with Crippen LogP contribution in [-0.2, 0) is 26.3 Å². The first kappa shape index (κ1) is 25.0. The van der Waals surface area contributed by atoms with E-state index < -0.39 is 29.0 Å². The Hall–Kier alpha value is -3.30. The van der Waals surface area contributed by atoms with Gasteiger partial charge in [0, 0.05) is 30.1 Å². The van der Waals surface area contributed by atoms with Crippen LogP contribution >= 0.6 is 0 Å². The molecule has 1 amide bonds. The maximum Gasteiger partial charge on any atom is 0.294 e. The largest absolute Gasteiger partial charge is 0.364 e. The van der Waals surface area contributed by atoms with Crippen molar-refractivity contribution in [3.05, 3.63) is 40.3 Å². The third-order valence-corrected chi connectivity index (χ3v) is 4.97. The highest BCUT2D eigenvalue weighted by Gasteiger charge is 2.28. The molecule has 174 valence electrons. The van der Waals surface area contributed by atoms with Gasteiger partial charge in [-0.3, -0.25) is 23.7 Å². The first-order valence-electron chi connectivity index (χ1n) is 10.5. The third-order valence-electron chi connectivity index (χ3n) is 4.97. The van der Waals surface area contributed by atoms with Gasteiger partial charge in [-0.1, -0.05) is 32.9 Å². The van der Waals surface area contributed by atoms with E-state index in [1.165, 1.54) is 30.9 Å². The number of nitrogens with zero attached hydrogens (tertiary/aromatic N) is 3. The minimum atomic E-state index is -0.931. The highest BCUT2D eigenvalue weighted by Crippen LogP contribution is 2.22. The van der Waals surface area contributed by atoms with Crippen molar-refractivity contribution in [1.82, 2.24) is 20.0 Å². The Labute approximate surface area is 186 Å². The SMILES string of the molecule is CC[C@@H](C(=O)N[C@@H](CC(C)=O)C(C)=O)n1cc(C(C)(C)C)nc(NCc2cnoc2)c1=O. The second-order valence-corrected chi connectivity index (χ2v) is 8.83. The zero-order valence-corrected chi connectivity index (χ0v) is 19.4. The molecule has 0 unspecified atom stereocenters. The molecular weight excluding hydrogens is 414 g/mol. The molecule has 2 N–H and O–H groups in total. The summed E-state index contributed by atoms with van der Waals surface area (Å²) in [5, 5.41) is 9.26.